The molecule has 1 aliphatic carbocycles. The number of carbonyl (C=O) groups is 2. The zero-order chi connectivity index (χ0) is 18.4. The normalized spacial score (nSPS) is 24.5. The van der Waals surface area contributed by atoms with Gasteiger partial charge in [-0.25, -0.2) is 0 Å². The third kappa shape index (κ3) is 6.10. The molecule has 4 heteroatoms. The molecule has 0 radical (unpaired) electrons. The highest BCUT2D eigenvalue weighted by atomic mass is 16.5. The van der Waals surface area contributed by atoms with E-state index >= 15 is 0 Å². The van der Waals surface area contributed by atoms with Crippen LogP contribution in [0.4, 0.5) is 0 Å². The molecule has 0 heterocycles. The Labute approximate surface area is 148 Å². The van der Waals surface area contributed by atoms with Crippen LogP contribution in [-0.4, -0.2) is 35.0 Å². The van der Waals surface area contributed by atoms with Crippen molar-refractivity contribution >= 4 is 11.9 Å². The lowest BCUT2D eigenvalue weighted by atomic mass is 9.75. The van der Waals surface area contributed by atoms with Crippen LogP contribution in [-0.2, 0) is 14.3 Å². The summed E-state index contributed by atoms with van der Waals surface area (Å²) in [6.45, 7) is 14.7. The molecule has 0 saturated heterocycles. The van der Waals surface area contributed by atoms with E-state index in [-0.39, 0.29) is 42.9 Å². The van der Waals surface area contributed by atoms with Gasteiger partial charge in [0.25, 0.3) is 0 Å². The van der Waals surface area contributed by atoms with E-state index in [2.05, 4.69) is 20.8 Å². The molecule has 4 nitrogen and oxygen atoms in total. The van der Waals surface area contributed by atoms with Crippen molar-refractivity contribution in [2.75, 3.05) is 0 Å². The van der Waals surface area contributed by atoms with Crippen molar-refractivity contribution in [2.24, 2.45) is 17.8 Å². The van der Waals surface area contributed by atoms with Crippen molar-refractivity contribution in [3.63, 3.8) is 0 Å². The fourth-order valence-electron chi connectivity index (χ4n) is 3.99. The lowest BCUT2D eigenvalue weighted by molar-refractivity contribution is -0.157. The number of rotatable bonds is 7. The summed E-state index contributed by atoms with van der Waals surface area (Å²) in [6, 6.07) is 0.302. The third-order valence-electron chi connectivity index (χ3n) is 5.19. The Morgan fingerprint density at radius 1 is 1.00 bits per heavy atom. The number of esters is 1. The van der Waals surface area contributed by atoms with Crippen LogP contribution in [0.2, 0.25) is 0 Å². The van der Waals surface area contributed by atoms with Crippen molar-refractivity contribution in [1.29, 1.82) is 0 Å². The monoisotopic (exact) mass is 339 g/mol. The molecule has 0 aromatic carbocycles. The molecule has 3 unspecified atom stereocenters. The Kier molecular flexibility index (Phi) is 8.24. The van der Waals surface area contributed by atoms with Gasteiger partial charge < -0.3 is 9.64 Å². The summed E-state index contributed by atoms with van der Waals surface area (Å²) >= 11 is 0. The Morgan fingerprint density at radius 2 is 1.58 bits per heavy atom. The largest absolute Gasteiger partial charge is 0.462 e. The second kappa shape index (κ2) is 9.43. The fraction of sp³-hybridized carbons (Fsp3) is 0.900. The molecule has 0 aromatic heterocycles. The summed E-state index contributed by atoms with van der Waals surface area (Å²) in [5.74, 6) is 1.39. The minimum absolute atomic E-state index is 0.0163. The lowest BCUT2D eigenvalue weighted by Gasteiger charge is -2.36. The van der Waals surface area contributed by atoms with Gasteiger partial charge in [-0.15, -0.1) is 0 Å². The van der Waals surface area contributed by atoms with E-state index in [4.69, 9.17) is 4.74 Å². The predicted octanol–water partition coefficient (Wildman–Crippen LogP) is 4.42. The van der Waals surface area contributed by atoms with E-state index in [0.717, 1.165) is 12.8 Å². The van der Waals surface area contributed by atoms with E-state index in [0.29, 0.717) is 17.8 Å². The zero-order valence-electron chi connectivity index (χ0n) is 16.7. The van der Waals surface area contributed by atoms with Gasteiger partial charge in [0, 0.05) is 18.5 Å². The van der Waals surface area contributed by atoms with Gasteiger partial charge in [-0.3, -0.25) is 9.59 Å². The summed E-state index contributed by atoms with van der Waals surface area (Å²) in [6.07, 6.45) is 3.74. The SMILES string of the molecule is CC1CCC(C(C)C)C(OC(=O)CCC(=O)N(C(C)C)C(C)C)C1. The van der Waals surface area contributed by atoms with Crippen LogP contribution < -0.4 is 0 Å². The van der Waals surface area contributed by atoms with Gasteiger partial charge in [0.1, 0.15) is 6.10 Å². The molecule has 1 fully saturated rings. The Hall–Kier alpha value is -1.06. The molecule has 1 amide bonds. The van der Waals surface area contributed by atoms with E-state index in [1.54, 1.807) is 0 Å². The van der Waals surface area contributed by atoms with E-state index < -0.39 is 0 Å². The van der Waals surface area contributed by atoms with Crippen LogP contribution in [0.15, 0.2) is 0 Å². The number of nitrogens with zero attached hydrogens (tertiary/aromatic N) is 1. The topological polar surface area (TPSA) is 46.6 Å². The first-order valence-corrected chi connectivity index (χ1v) is 9.64. The fourth-order valence-corrected chi connectivity index (χ4v) is 3.99. The first-order chi connectivity index (χ1) is 11.1. The van der Waals surface area contributed by atoms with Gasteiger partial charge >= 0.3 is 5.97 Å². The first kappa shape index (κ1) is 21.0. The van der Waals surface area contributed by atoms with Crippen molar-refractivity contribution < 1.29 is 14.3 Å². The van der Waals surface area contributed by atoms with Crippen LogP contribution in [0, 0.1) is 17.8 Å². The quantitative estimate of drug-likeness (QED) is 0.645. The van der Waals surface area contributed by atoms with Gasteiger partial charge in [-0.05, 0) is 58.3 Å². The summed E-state index contributed by atoms with van der Waals surface area (Å²) in [5, 5.41) is 0. The smallest absolute Gasteiger partial charge is 0.306 e. The number of amides is 1. The molecular formula is C20H37NO3. The maximum absolute atomic E-state index is 12.4. The van der Waals surface area contributed by atoms with Gasteiger partial charge in [-0.2, -0.15) is 0 Å². The summed E-state index contributed by atoms with van der Waals surface area (Å²) < 4.78 is 5.78. The Balaban J connectivity index is 2.54. The number of hydrogen-bond donors (Lipinski definition) is 0. The van der Waals surface area contributed by atoms with Gasteiger partial charge in [-0.1, -0.05) is 27.2 Å². The summed E-state index contributed by atoms with van der Waals surface area (Å²) in [4.78, 5) is 26.5. The minimum atomic E-state index is -0.222. The van der Waals surface area contributed by atoms with Gasteiger partial charge in [0.15, 0.2) is 0 Å². The average molecular weight is 340 g/mol. The average Bonchev–Trinajstić information content (AvgIpc) is 2.44. The Bertz CT molecular complexity index is 409. The molecule has 0 N–H and O–H groups in total. The molecule has 140 valence electrons. The highest BCUT2D eigenvalue weighted by Gasteiger charge is 2.33. The molecule has 0 aromatic rings. The molecule has 24 heavy (non-hydrogen) atoms. The molecule has 0 spiro atoms. The molecular weight excluding hydrogens is 302 g/mol. The van der Waals surface area contributed by atoms with Crippen LogP contribution >= 0.6 is 0 Å². The van der Waals surface area contributed by atoms with E-state index in [9.17, 15) is 9.59 Å². The van der Waals surface area contributed by atoms with E-state index in [1.165, 1.54) is 6.42 Å². The maximum Gasteiger partial charge on any atom is 0.306 e. The molecule has 0 aliphatic heterocycles. The second-order valence-electron chi connectivity index (χ2n) is 8.34. The van der Waals surface area contributed by atoms with Gasteiger partial charge in [0.05, 0.1) is 6.42 Å². The van der Waals surface area contributed by atoms with Crippen LogP contribution in [0.5, 0.6) is 0 Å². The van der Waals surface area contributed by atoms with Crippen LogP contribution in [0.3, 0.4) is 0 Å². The lowest BCUT2D eigenvalue weighted by Crippen LogP contribution is -2.42. The number of carbonyl (C=O) groups excluding carboxylic acids is 2. The van der Waals surface area contributed by atoms with Crippen molar-refractivity contribution in [3.8, 4) is 0 Å². The third-order valence-corrected chi connectivity index (χ3v) is 5.19. The number of ether oxygens (including phenoxy) is 1. The maximum atomic E-state index is 12.4. The molecule has 0 bridgehead atoms. The van der Waals surface area contributed by atoms with Crippen LogP contribution in [0.1, 0.15) is 80.6 Å². The van der Waals surface area contributed by atoms with Crippen molar-refractivity contribution in [3.05, 3.63) is 0 Å². The molecule has 1 saturated carbocycles. The minimum Gasteiger partial charge on any atom is -0.462 e. The van der Waals surface area contributed by atoms with Crippen molar-refractivity contribution in [1.82, 2.24) is 4.90 Å². The summed E-state index contributed by atoms with van der Waals surface area (Å²) in [5.41, 5.74) is 0. The highest BCUT2D eigenvalue weighted by molar-refractivity contribution is 5.81. The predicted molar refractivity (Wildman–Crippen MR) is 97.6 cm³/mol. The zero-order valence-corrected chi connectivity index (χ0v) is 16.7. The first-order valence-electron chi connectivity index (χ1n) is 9.64. The Morgan fingerprint density at radius 3 is 2.08 bits per heavy atom. The van der Waals surface area contributed by atoms with Crippen molar-refractivity contribution in [2.45, 2.75) is 98.8 Å². The molecule has 3 atom stereocenters. The highest BCUT2D eigenvalue weighted by Crippen LogP contribution is 2.35. The number of hydrogen-bond acceptors (Lipinski definition) is 3. The standard InChI is InChI=1S/C20H37NO3/c1-13(2)17-9-8-16(7)12-18(17)24-20(23)11-10-19(22)21(14(3)4)15(5)6/h13-18H,8-12H2,1-7H3. The van der Waals surface area contributed by atoms with Gasteiger partial charge in [0.2, 0.25) is 5.91 Å². The molecule has 1 rings (SSSR count). The van der Waals surface area contributed by atoms with Crippen LogP contribution in [0.25, 0.3) is 0 Å². The molecule has 1 aliphatic rings. The second-order valence-corrected chi connectivity index (χ2v) is 8.34. The summed E-state index contributed by atoms with van der Waals surface area (Å²) in [7, 11) is 0. The van der Waals surface area contributed by atoms with E-state index in [1.807, 2.05) is 32.6 Å².